The lowest BCUT2D eigenvalue weighted by Gasteiger charge is -2.30. The fraction of sp³-hybridized carbons (Fsp3) is 0.472. The quantitative estimate of drug-likeness (QED) is 0.0655. The molecule has 0 spiro atoms. The van der Waals surface area contributed by atoms with Crippen molar-refractivity contribution in [1.82, 2.24) is 82.3 Å². The molecule has 8 bridgehead atoms. The summed E-state index contributed by atoms with van der Waals surface area (Å²) in [4.78, 5) is 141. The van der Waals surface area contributed by atoms with E-state index in [0.29, 0.717) is 71.1 Å². The number of aryl methyl sites for hydroxylation is 2. The molecule has 0 saturated carbocycles. The average molecular weight is 1410 g/mol. The van der Waals surface area contributed by atoms with Gasteiger partial charge in [0.05, 0.1) is 49.8 Å². The standard InChI is InChI=1S/C72H96N16O14/c1-45(2)63(79-65(91)47(5)73-7)69(95)85-33-29-53-41-87(83-81-53)31-15-35-101-55-27-23-52(24-28-55)40-60(72(99)100)78-68(94)58(38-50-19-13-10-14-20-50)76-62(90)44-86(70(96)64(46(3)4)80-66(92)48(6)74-8)34-30-54-42-88(84-82-54)32-16-36-102-56-25-21-51(22-26-56)39-59(71(97)98)77-67(93)57(75-61(89)43-85)37-49-17-11-9-12-18-49/h9-14,17-28,41-42,45-48,57-60,63-64,73-74H,15-16,29-40,43-44H2,1-8H3,(H,75,89)(H,76,90)(H,77,93)(H,78,94)(H,79,91)(H,80,92)(H,97,98)(H,99,100). The summed E-state index contributed by atoms with van der Waals surface area (Å²) < 4.78 is 15.3. The number of nitrogens with zero attached hydrogens (tertiary/aromatic N) is 8. The molecule has 4 aromatic carbocycles. The number of carboxylic acids is 2. The molecule has 30 heteroatoms. The van der Waals surface area contributed by atoms with E-state index >= 15 is 0 Å². The van der Waals surface area contributed by atoms with Gasteiger partial charge < -0.3 is 72.0 Å². The summed E-state index contributed by atoms with van der Waals surface area (Å²) in [7, 11) is 3.22. The van der Waals surface area contributed by atoms with Gasteiger partial charge in [0, 0.05) is 89.9 Å². The van der Waals surface area contributed by atoms with Gasteiger partial charge in [0.25, 0.3) is 0 Å². The van der Waals surface area contributed by atoms with E-state index in [1.54, 1.807) is 187 Å². The highest BCUT2D eigenvalue weighted by Crippen LogP contribution is 2.19. The molecule has 10 N–H and O–H groups in total. The molecule has 548 valence electrons. The molecule has 0 radical (unpaired) electrons. The predicted octanol–water partition coefficient (Wildman–Crippen LogP) is 1.44. The monoisotopic (exact) mass is 1410 g/mol. The fourth-order valence-electron chi connectivity index (χ4n) is 11.0. The van der Waals surface area contributed by atoms with Crippen molar-refractivity contribution in [2.75, 3.05) is 53.5 Å². The van der Waals surface area contributed by atoms with Crippen LogP contribution in [0.1, 0.15) is 88.0 Å². The van der Waals surface area contributed by atoms with Gasteiger partial charge >= 0.3 is 11.9 Å². The first-order valence-corrected chi connectivity index (χ1v) is 34.3. The SMILES string of the molecule is CNC(C)C(=O)NC(C(=O)N1CCc2cn(nn2)CCCOc2ccc(cc2)CC(C(=O)O)NC(=O)C(Cc2ccccc2)NC(=O)CN(C(=O)C(NC(=O)C(C)NC)C(C)C)CCc2cn(nn2)CCCOc2ccc(cc2)CC(C(=O)O)NC(=O)C(Cc2ccccc2)NC(=O)C1)C(C)C. The van der Waals surface area contributed by atoms with E-state index in [1.807, 2.05) is 0 Å². The van der Waals surface area contributed by atoms with Gasteiger partial charge in [-0.15, -0.1) is 10.2 Å². The highest BCUT2D eigenvalue weighted by molar-refractivity contribution is 5.96. The van der Waals surface area contributed by atoms with Crippen molar-refractivity contribution < 1.29 is 67.6 Å². The van der Waals surface area contributed by atoms with Gasteiger partial charge in [-0.3, -0.25) is 47.7 Å². The summed E-state index contributed by atoms with van der Waals surface area (Å²) in [5, 5.41) is 60.3. The molecular formula is C72H96N16O14. The van der Waals surface area contributed by atoms with Crippen molar-refractivity contribution in [2.45, 2.75) is 154 Å². The number of carbonyl (C=O) groups excluding carboxylic acids is 8. The van der Waals surface area contributed by atoms with Crippen LogP contribution in [0.5, 0.6) is 11.5 Å². The number of aromatic nitrogens is 6. The second kappa shape index (κ2) is 39.4. The Kier molecular flexibility index (Phi) is 30.4. The second-order valence-electron chi connectivity index (χ2n) is 26.0. The van der Waals surface area contributed by atoms with Crippen LogP contribution < -0.4 is 52.0 Å². The number of carbonyl (C=O) groups is 10. The number of nitrogens with one attached hydrogen (secondary N) is 8. The van der Waals surface area contributed by atoms with Crippen molar-refractivity contribution in [3.8, 4) is 11.5 Å². The van der Waals surface area contributed by atoms with E-state index in [2.05, 4.69) is 63.2 Å². The molecule has 102 heavy (non-hydrogen) atoms. The van der Waals surface area contributed by atoms with Crippen molar-refractivity contribution in [3.05, 3.63) is 155 Å². The first-order valence-electron chi connectivity index (χ1n) is 34.3. The van der Waals surface area contributed by atoms with Crippen LogP contribution in [0.15, 0.2) is 122 Å². The Balaban J connectivity index is 1.13. The summed E-state index contributed by atoms with van der Waals surface area (Å²) in [6.07, 6.45) is 4.21. The molecule has 0 saturated heterocycles. The Morgan fingerprint density at radius 3 is 1.21 bits per heavy atom. The molecule has 10 rings (SSSR count). The fourth-order valence-corrected chi connectivity index (χ4v) is 11.0. The Labute approximate surface area is 593 Å². The third-order valence-corrected chi connectivity index (χ3v) is 17.3. The minimum absolute atomic E-state index is 0.0368. The van der Waals surface area contributed by atoms with Crippen LogP contribution >= 0.6 is 0 Å². The van der Waals surface area contributed by atoms with Crippen LogP contribution in [-0.4, -0.2) is 211 Å². The van der Waals surface area contributed by atoms with Crippen LogP contribution in [0, 0.1) is 11.8 Å². The van der Waals surface area contributed by atoms with Crippen LogP contribution in [0.25, 0.3) is 0 Å². The van der Waals surface area contributed by atoms with Crippen molar-refractivity contribution in [2.24, 2.45) is 11.8 Å². The molecule has 8 unspecified atom stereocenters. The van der Waals surface area contributed by atoms with E-state index in [9.17, 15) is 58.2 Å². The Morgan fingerprint density at radius 1 is 0.510 bits per heavy atom. The molecule has 0 aliphatic carbocycles. The van der Waals surface area contributed by atoms with Gasteiger partial charge in [-0.1, -0.05) is 123 Å². The Morgan fingerprint density at radius 2 is 0.873 bits per heavy atom. The third-order valence-electron chi connectivity index (χ3n) is 17.3. The highest BCUT2D eigenvalue weighted by Gasteiger charge is 2.36. The minimum atomic E-state index is -1.44. The normalized spacial score (nSPS) is 19.0. The summed E-state index contributed by atoms with van der Waals surface area (Å²) in [5.41, 5.74) is 3.36. The number of benzene rings is 4. The van der Waals surface area contributed by atoms with Crippen molar-refractivity contribution in [1.29, 1.82) is 0 Å². The largest absolute Gasteiger partial charge is 0.494 e. The first-order chi connectivity index (χ1) is 48.9. The van der Waals surface area contributed by atoms with Crippen molar-refractivity contribution in [3.63, 3.8) is 0 Å². The maximum atomic E-state index is 14.6. The molecule has 30 nitrogen and oxygen atoms in total. The summed E-state index contributed by atoms with van der Waals surface area (Å²) in [6.45, 7) is 10.3. The number of ether oxygens (including phenoxy) is 2. The molecule has 6 aromatic rings. The van der Waals surface area contributed by atoms with E-state index in [1.165, 1.54) is 9.80 Å². The molecule has 4 aliphatic heterocycles. The van der Waals surface area contributed by atoms with Crippen molar-refractivity contribution >= 4 is 59.2 Å². The van der Waals surface area contributed by atoms with Crippen LogP contribution in [0.2, 0.25) is 0 Å². The van der Waals surface area contributed by atoms with Crippen LogP contribution in [-0.2, 0) is 99.6 Å². The third kappa shape index (κ3) is 24.9. The number of rotatable bonds is 16. The van der Waals surface area contributed by atoms with Gasteiger partial charge in [-0.2, -0.15) is 0 Å². The van der Waals surface area contributed by atoms with E-state index in [0.717, 1.165) is 0 Å². The second-order valence-corrected chi connectivity index (χ2v) is 26.0. The zero-order chi connectivity index (χ0) is 73.8. The molecular weight excluding hydrogens is 1310 g/mol. The van der Waals surface area contributed by atoms with Gasteiger partial charge in [0.2, 0.25) is 47.3 Å². The van der Waals surface area contributed by atoms with E-state index in [-0.39, 0.29) is 64.8 Å². The molecule has 8 atom stereocenters. The lowest BCUT2D eigenvalue weighted by molar-refractivity contribution is -0.143. The van der Waals surface area contributed by atoms with Crippen LogP contribution in [0.3, 0.4) is 0 Å². The van der Waals surface area contributed by atoms with Gasteiger partial charge in [-0.05, 0) is 86.3 Å². The molecule has 6 heterocycles. The summed E-state index contributed by atoms with van der Waals surface area (Å²) in [6, 6.07) is 22.1. The number of aliphatic carboxylic acids is 2. The molecule has 2 aromatic heterocycles. The number of hydrogen-bond donors (Lipinski definition) is 10. The van der Waals surface area contributed by atoms with Crippen LogP contribution in [0.4, 0.5) is 0 Å². The Hall–Kier alpha value is -10.6. The average Bonchev–Trinajstić information content (AvgIpc) is 1.03. The topological polar surface area (TPSA) is 394 Å². The zero-order valence-corrected chi connectivity index (χ0v) is 59.0. The minimum Gasteiger partial charge on any atom is -0.494 e. The van der Waals surface area contributed by atoms with Gasteiger partial charge in [0.15, 0.2) is 0 Å². The molecule has 0 fully saturated rings. The first kappa shape index (κ1) is 78.7. The maximum Gasteiger partial charge on any atom is 0.326 e. The number of amides is 8. The lowest BCUT2D eigenvalue weighted by Crippen LogP contribution is -2.57. The summed E-state index contributed by atoms with van der Waals surface area (Å²) >= 11 is 0. The number of likely N-dealkylation sites (N-methyl/N-ethyl adjacent to an activating group) is 2. The summed E-state index contributed by atoms with van der Waals surface area (Å²) in [5.74, 6) is -7.61. The Bertz CT molecular complexity index is 3500. The molecule has 4 aliphatic rings. The zero-order valence-electron chi connectivity index (χ0n) is 59.0. The number of carboxylic acid groups (broad SMARTS) is 2. The van der Waals surface area contributed by atoms with E-state index < -0.39 is 132 Å². The smallest absolute Gasteiger partial charge is 0.326 e. The van der Waals surface area contributed by atoms with E-state index in [4.69, 9.17) is 9.47 Å². The lowest BCUT2D eigenvalue weighted by atomic mass is 10.0. The maximum absolute atomic E-state index is 14.6. The molecule has 8 amide bonds. The highest BCUT2D eigenvalue weighted by atomic mass is 16.5. The van der Waals surface area contributed by atoms with Gasteiger partial charge in [0.1, 0.15) is 47.8 Å². The number of hydrogen-bond acceptors (Lipinski definition) is 18. The van der Waals surface area contributed by atoms with Gasteiger partial charge in [-0.25, -0.2) is 9.59 Å². The predicted molar refractivity (Wildman–Crippen MR) is 375 cm³/mol.